The number of carbonyl (C=O) groups is 1. The number of phenols is 2. The zero-order valence-electron chi connectivity index (χ0n) is 30.5. The van der Waals surface area contributed by atoms with Crippen molar-refractivity contribution in [1.82, 2.24) is 15.3 Å². The molecular formula is C41H45N5O8. The number of aromatic hydroxyl groups is 2. The highest BCUT2D eigenvalue weighted by Crippen LogP contribution is 2.51. The molecule has 1 aliphatic rings. The van der Waals surface area contributed by atoms with E-state index in [2.05, 4.69) is 15.3 Å². The quantitative estimate of drug-likeness (QED) is 0.0707. The first-order valence-electron chi connectivity index (χ1n) is 17.9. The topological polar surface area (TPSA) is 216 Å². The largest absolute Gasteiger partial charge is 0.508 e. The minimum atomic E-state index is -1.20. The van der Waals surface area contributed by atoms with E-state index in [0.29, 0.717) is 48.4 Å². The normalized spacial score (nSPS) is 17.5. The highest BCUT2D eigenvalue weighted by molar-refractivity contribution is 5.92. The number of nitrogens with one attached hydrogen (secondary N) is 1. The lowest BCUT2D eigenvalue weighted by Gasteiger charge is -2.43. The number of benzene rings is 2. The van der Waals surface area contributed by atoms with Gasteiger partial charge in [0.25, 0.3) is 0 Å². The summed E-state index contributed by atoms with van der Waals surface area (Å²) in [4.78, 5) is 35.9. The minimum Gasteiger partial charge on any atom is -0.508 e. The molecule has 3 aromatic heterocycles. The molecule has 282 valence electrons. The predicted molar refractivity (Wildman–Crippen MR) is 204 cm³/mol. The summed E-state index contributed by atoms with van der Waals surface area (Å²) in [6, 6.07) is 15.0. The Morgan fingerprint density at radius 1 is 1.11 bits per heavy atom. The fourth-order valence-electron chi connectivity index (χ4n) is 6.98. The summed E-state index contributed by atoms with van der Waals surface area (Å²) < 4.78 is 19.6. The number of aryl methyl sites for hydroxylation is 1. The van der Waals surface area contributed by atoms with E-state index >= 15 is 0 Å². The van der Waals surface area contributed by atoms with Gasteiger partial charge in [0.2, 0.25) is 0 Å². The Kier molecular flexibility index (Phi) is 11.2. The predicted octanol–water partition coefficient (Wildman–Crippen LogP) is 4.82. The van der Waals surface area contributed by atoms with Crippen LogP contribution in [0.15, 0.2) is 87.9 Å². The number of allylic oxidation sites excluding steroid dienone is 1. The summed E-state index contributed by atoms with van der Waals surface area (Å²) >= 11 is 0. The van der Waals surface area contributed by atoms with E-state index in [0.717, 1.165) is 17.2 Å². The summed E-state index contributed by atoms with van der Waals surface area (Å²) in [6.45, 7) is 5.91. The standard InChI is InChI=1S/C41H45N5O8/c1-4-25(21-44-5-2)40(51)53-32-19-30-37(50)36-31(49)18-28(22-47)52-39(36)35(38(30)54-41(32,3)13-11-23-9-10-33(42)46-20-23)29(26-12-14-45-34(43)17-26)16-24-7-6-8-27(48)15-24/h4,6-10,12,14-15,17-18,20,29,32,44,47-48,50H,5,11,13,16,19,21-22H2,1-3H3,(H2,42,46)(H2,43,45). The van der Waals surface area contributed by atoms with Crippen LogP contribution in [0.4, 0.5) is 11.6 Å². The molecule has 1 aliphatic heterocycles. The number of esters is 1. The number of pyridine rings is 2. The first kappa shape index (κ1) is 37.8. The molecule has 13 nitrogen and oxygen atoms in total. The average molecular weight is 736 g/mol. The Morgan fingerprint density at radius 3 is 2.61 bits per heavy atom. The van der Waals surface area contributed by atoms with Crippen molar-refractivity contribution < 1.29 is 34.0 Å². The molecule has 0 fully saturated rings. The number of hydrogen-bond donors (Lipinski definition) is 6. The van der Waals surface area contributed by atoms with Crippen LogP contribution in [0.3, 0.4) is 0 Å². The lowest BCUT2D eigenvalue weighted by atomic mass is 9.79. The third kappa shape index (κ3) is 7.87. The average Bonchev–Trinajstić information content (AvgIpc) is 3.15. The molecular weight excluding hydrogens is 690 g/mol. The van der Waals surface area contributed by atoms with E-state index < -0.39 is 35.6 Å². The second-order valence-electron chi connectivity index (χ2n) is 13.6. The highest BCUT2D eigenvalue weighted by Gasteiger charge is 2.47. The van der Waals surface area contributed by atoms with Gasteiger partial charge in [0.05, 0.1) is 0 Å². The van der Waals surface area contributed by atoms with Crippen molar-refractivity contribution in [3.8, 4) is 17.2 Å². The molecule has 4 heterocycles. The molecule has 54 heavy (non-hydrogen) atoms. The third-order valence-corrected chi connectivity index (χ3v) is 9.94. The molecule has 8 N–H and O–H groups in total. The molecule has 0 radical (unpaired) electrons. The summed E-state index contributed by atoms with van der Waals surface area (Å²) in [7, 11) is 0. The molecule has 3 atom stereocenters. The number of fused-ring (bicyclic) bond motifs is 2. The van der Waals surface area contributed by atoms with Crippen LogP contribution in [0.2, 0.25) is 0 Å². The monoisotopic (exact) mass is 735 g/mol. The number of carbonyl (C=O) groups excluding carboxylic acids is 1. The van der Waals surface area contributed by atoms with Crippen LogP contribution in [0.25, 0.3) is 11.0 Å². The van der Waals surface area contributed by atoms with Gasteiger partial charge in [-0.3, -0.25) is 4.79 Å². The molecule has 0 spiro atoms. The van der Waals surface area contributed by atoms with Crippen molar-refractivity contribution in [1.29, 1.82) is 0 Å². The van der Waals surface area contributed by atoms with Gasteiger partial charge in [0, 0.05) is 54.0 Å². The van der Waals surface area contributed by atoms with Gasteiger partial charge < -0.3 is 46.0 Å². The van der Waals surface area contributed by atoms with Crippen molar-refractivity contribution in [2.45, 2.75) is 70.7 Å². The summed E-state index contributed by atoms with van der Waals surface area (Å²) in [5, 5.41) is 35.6. The first-order chi connectivity index (χ1) is 25.9. The second-order valence-corrected chi connectivity index (χ2v) is 13.6. The fourth-order valence-corrected chi connectivity index (χ4v) is 6.98. The summed E-state index contributed by atoms with van der Waals surface area (Å²) in [5.74, 6) is -0.658. The van der Waals surface area contributed by atoms with Crippen LogP contribution < -0.4 is 26.9 Å². The van der Waals surface area contributed by atoms with Gasteiger partial charge in [-0.15, -0.1) is 0 Å². The Balaban J connectivity index is 1.59. The summed E-state index contributed by atoms with van der Waals surface area (Å²) in [6.07, 6.45) is 5.08. The number of nitrogens with zero attached hydrogens (tertiary/aromatic N) is 2. The summed E-state index contributed by atoms with van der Waals surface area (Å²) in [5.41, 5.74) is 13.7. The number of ether oxygens (including phenoxy) is 2. The van der Waals surface area contributed by atoms with Crippen molar-refractivity contribution in [3.05, 3.63) is 122 Å². The molecule has 0 amide bonds. The number of phenolic OH excluding ortho intramolecular Hbond substituents is 2. The number of nitrogens with two attached hydrogens (primary N) is 2. The number of nitrogen functional groups attached to an aromatic ring is 2. The van der Waals surface area contributed by atoms with Gasteiger partial charge in [-0.05, 0) is 86.7 Å². The van der Waals surface area contributed by atoms with E-state index in [4.69, 9.17) is 25.4 Å². The van der Waals surface area contributed by atoms with Crippen molar-refractivity contribution in [2.24, 2.45) is 0 Å². The zero-order valence-corrected chi connectivity index (χ0v) is 30.5. The van der Waals surface area contributed by atoms with Crippen LogP contribution in [-0.4, -0.2) is 56.1 Å². The van der Waals surface area contributed by atoms with Crippen LogP contribution in [0.5, 0.6) is 17.2 Å². The van der Waals surface area contributed by atoms with Crippen LogP contribution >= 0.6 is 0 Å². The number of anilines is 2. The molecule has 0 aliphatic carbocycles. The molecule has 2 aromatic carbocycles. The van der Waals surface area contributed by atoms with Gasteiger partial charge >= 0.3 is 5.97 Å². The first-order valence-corrected chi connectivity index (χ1v) is 17.9. The Morgan fingerprint density at radius 2 is 1.93 bits per heavy atom. The maximum absolute atomic E-state index is 13.8. The Labute approximate surface area is 312 Å². The van der Waals surface area contributed by atoms with Gasteiger partial charge in [-0.1, -0.05) is 31.2 Å². The van der Waals surface area contributed by atoms with Crippen LogP contribution in [0.1, 0.15) is 66.7 Å². The van der Waals surface area contributed by atoms with E-state index in [9.17, 15) is 24.9 Å². The molecule has 13 heteroatoms. The van der Waals surface area contributed by atoms with E-state index in [1.165, 1.54) is 0 Å². The molecule has 3 unspecified atom stereocenters. The molecule has 5 aromatic rings. The number of aromatic nitrogens is 2. The van der Waals surface area contributed by atoms with E-state index in [1.807, 2.05) is 26.0 Å². The Bertz CT molecular complexity index is 2250. The molecule has 0 bridgehead atoms. The fraction of sp³-hybridized carbons (Fsp3) is 0.317. The molecule has 0 saturated carbocycles. The van der Waals surface area contributed by atoms with Crippen molar-refractivity contribution in [2.75, 3.05) is 24.6 Å². The SMILES string of the molecule is CC=C(CNCC)C(=O)OC1Cc2c(c(C(Cc3cccc(O)c3)c3ccnc(N)c3)c3oc(CO)cc(=O)c3c2O)OC1(C)CCc1ccc(N)nc1. The van der Waals surface area contributed by atoms with Crippen molar-refractivity contribution in [3.63, 3.8) is 0 Å². The lowest BCUT2D eigenvalue weighted by molar-refractivity contribution is -0.159. The number of rotatable bonds is 13. The van der Waals surface area contributed by atoms with Crippen LogP contribution in [0, 0.1) is 0 Å². The van der Waals surface area contributed by atoms with Crippen molar-refractivity contribution >= 4 is 28.6 Å². The van der Waals surface area contributed by atoms with Crippen LogP contribution in [-0.2, 0) is 35.4 Å². The maximum Gasteiger partial charge on any atom is 0.335 e. The highest BCUT2D eigenvalue weighted by atomic mass is 16.6. The minimum absolute atomic E-state index is 0.0109. The molecule has 6 rings (SSSR count). The number of hydrogen-bond acceptors (Lipinski definition) is 13. The van der Waals surface area contributed by atoms with Gasteiger partial charge in [0.1, 0.15) is 63.9 Å². The zero-order chi connectivity index (χ0) is 38.6. The Hall–Kier alpha value is -5.92. The number of likely N-dealkylation sites (N-methyl/N-ethyl adjacent to an activating group) is 1. The van der Waals surface area contributed by atoms with E-state index in [1.54, 1.807) is 61.8 Å². The smallest absolute Gasteiger partial charge is 0.335 e. The van der Waals surface area contributed by atoms with E-state index in [-0.39, 0.29) is 58.2 Å². The van der Waals surface area contributed by atoms with Gasteiger partial charge in [-0.2, -0.15) is 0 Å². The maximum atomic E-state index is 13.8. The number of aliphatic hydroxyl groups excluding tert-OH is 1. The second kappa shape index (κ2) is 16.0. The lowest BCUT2D eigenvalue weighted by Crippen LogP contribution is -2.52. The molecule has 0 saturated heterocycles. The van der Waals surface area contributed by atoms with Gasteiger partial charge in [0.15, 0.2) is 5.43 Å². The van der Waals surface area contributed by atoms with Gasteiger partial charge in [-0.25, -0.2) is 14.8 Å². The third-order valence-electron chi connectivity index (χ3n) is 9.94. The number of aliphatic hydroxyl groups is 1.